The number of hydrogen-bond acceptors (Lipinski definition) is 2. The fourth-order valence-electron chi connectivity index (χ4n) is 0.860. The van der Waals surface area contributed by atoms with Crippen LogP contribution in [-0.2, 0) is 0 Å². The Kier molecular flexibility index (Phi) is 0.974. The topological polar surface area (TPSA) is 30.2 Å². The summed E-state index contributed by atoms with van der Waals surface area (Å²) < 4.78 is 1.69. The first-order chi connectivity index (χ1) is 4.86. The van der Waals surface area contributed by atoms with Crippen LogP contribution in [0.5, 0.6) is 0 Å². The molecule has 0 aromatic carbocycles. The van der Waals surface area contributed by atoms with E-state index in [4.69, 9.17) is 0 Å². The SMILES string of the molecule is Cc1[c]cn2ncnc2c1. The first kappa shape index (κ1) is 5.41. The highest BCUT2D eigenvalue weighted by Gasteiger charge is 1.92. The highest BCUT2D eigenvalue weighted by molar-refractivity contribution is 5.38. The Morgan fingerprint density at radius 1 is 1.60 bits per heavy atom. The third kappa shape index (κ3) is 0.673. The Hall–Kier alpha value is -1.38. The molecule has 3 heteroatoms. The van der Waals surface area contributed by atoms with E-state index in [1.54, 1.807) is 10.7 Å². The van der Waals surface area contributed by atoms with Crippen LogP contribution in [0, 0.1) is 13.0 Å². The summed E-state index contributed by atoms with van der Waals surface area (Å²) in [6, 6.07) is 4.96. The van der Waals surface area contributed by atoms with Gasteiger partial charge in [-0.25, -0.2) is 9.50 Å². The molecule has 0 bridgehead atoms. The van der Waals surface area contributed by atoms with Crippen molar-refractivity contribution >= 4 is 5.65 Å². The van der Waals surface area contributed by atoms with Crippen molar-refractivity contribution in [1.82, 2.24) is 14.6 Å². The van der Waals surface area contributed by atoms with Gasteiger partial charge in [0.05, 0.1) is 0 Å². The Balaban J connectivity index is 2.86. The second kappa shape index (κ2) is 1.80. The minimum absolute atomic E-state index is 0.872. The van der Waals surface area contributed by atoms with Crippen molar-refractivity contribution in [3.8, 4) is 0 Å². The maximum absolute atomic E-state index is 4.01. The van der Waals surface area contributed by atoms with Crippen LogP contribution in [0.2, 0.25) is 0 Å². The summed E-state index contributed by atoms with van der Waals surface area (Å²) in [4.78, 5) is 4.01. The van der Waals surface area contributed by atoms with Crippen molar-refractivity contribution in [1.29, 1.82) is 0 Å². The van der Waals surface area contributed by atoms with Crippen molar-refractivity contribution in [3.63, 3.8) is 0 Å². The van der Waals surface area contributed by atoms with Crippen LogP contribution in [-0.4, -0.2) is 14.6 Å². The molecule has 49 valence electrons. The number of pyridine rings is 1. The zero-order chi connectivity index (χ0) is 6.97. The summed E-state index contributed by atoms with van der Waals surface area (Å²) in [5.41, 5.74) is 1.96. The van der Waals surface area contributed by atoms with Crippen LogP contribution in [0.15, 0.2) is 18.6 Å². The Bertz CT molecular complexity index is 350. The van der Waals surface area contributed by atoms with Crippen LogP contribution in [0.25, 0.3) is 5.65 Å². The molecule has 0 aliphatic carbocycles. The Labute approximate surface area is 58.3 Å². The smallest absolute Gasteiger partial charge is 0.155 e. The summed E-state index contributed by atoms with van der Waals surface area (Å²) in [5, 5.41) is 3.93. The van der Waals surface area contributed by atoms with Gasteiger partial charge in [0.1, 0.15) is 6.33 Å². The van der Waals surface area contributed by atoms with E-state index in [-0.39, 0.29) is 0 Å². The maximum Gasteiger partial charge on any atom is 0.155 e. The van der Waals surface area contributed by atoms with Gasteiger partial charge in [0.2, 0.25) is 0 Å². The number of aromatic nitrogens is 3. The maximum atomic E-state index is 4.01. The van der Waals surface area contributed by atoms with Gasteiger partial charge in [-0.05, 0) is 18.6 Å². The van der Waals surface area contributed by atoms with E-state index >= 15 is 0 Å². The first-order valence-corrected chi connectivity index (χ1v) is 3.04. The lowest BCUT2D eigenvalue weighted by Gasteiger charge is -1.90. The second-order valence-electron chi connectivity index (χ2n) is 2.16. The molecular formula is C7H6N3. The molecule has 2 heterocycles. The lowest BCUT2D eigenvalue weighted by atomic mass is 10.3. The van der Waals surface area contributed by atoms with Gasteiger partial charge in [-0.15, -0.1) is 0 Å². The van der Waals surface area contributed by atoms with Crippen LogP contribution >= 0.6 is 0 Å². The fraction of sp³-hybridized carbons (Fsp3) is 0.143. The summed E-state index contributed by atoms with van der Waals surface area (Å²) in [7, 11) is 0. The molecule has 0 saturated heterocycles. The number of hydrogen-bond donors (Lipinski definition) is 0. The van der Waals surface area contributed by atoms with Crippen molar-refractivity contribution in [2.24, 2.45) is 0 Å². The molecule has 0 aliphatic heterocycles. The lowest BCUT2D eigenvalue weighted by Crippen LogP contribution is -1.86. The van der Waals surface area contributed by atoms with E-state index in [1.807, 2.05) is 13.0 Å². The van der Waals surface area contributed by atoms with Gasteiger partial charge in [-0.1, -0.05) is 0 Å². The normalized spacial score (nSPS) is 10.5. The van der Waals surface area contributed by atoms with Gasteiger partial charge in [-0.3, -0.25) is 0 Å². The first-order valence-electron chi connectivity index (χ1n) is 3.04. The number of fused-ring (bicyclic) bond motifs is 1. The van der Waals surface area contributed by atoms with E-state index < -0.39 is 0 Å². The molecule has 0 N–H and O–H groups in total. The number of nitrogens with zero attached hydrogens (tertiary/aromatic N) is 3. The van der Waals surface area contributed by atoms with Crippen molar-refractivity contribution in [2.45, 2.75) is 6.92 Å². The van der Waals surface area contributed by atoms with Gasteiger partial charge in [0.15, 0.2) is 5.65 Å². The number of rotatable bonds is 0. The Morgan fingerprint density at radius 3 is 3.40 bits per heavy atom. The number of aryl methyl sites for hydroxylation is 1. The Morgan fingerprint density at radius 2 is 2.50 bits per heavy atom. The van der Waals surface area contributed by atoms with Crippen molar-refractivity contribution in [3.05, 3.63) is 30.2 Å². The van der Waals surface area contributed by atoms with Crippen molar-refractivity contribution in [2.75, 3.05) is 0 Å². The van der Waals surface area contributed by atoms with Crippen LogP contribution in [0.4, 0.5) is 0 Å². The third-order valence-corrected chi connectivity index (χ3v) is 1.36. The highest BCUT2D eigenvalue weighted by atomic mass is 15.3. The van der Waals surface area contributed by atoms with Gasteiger partial charge in [-0.2, -0.15) is 5.10 Å². The highest BCUT2D eigenvalue weighted by Crippen LogP contribution is 1.99. The molecule has 0 unspecified atom stereocenters. The molecule has 3 nitrogen and oxygen atoms in total. The molecule has 2 aromatic rings. The van der Waals surface area contributed by atoms with Gasteiger partial charge in [0, 0.05) is 12.3 Å². The van der Waals surface area contributed by atoms with Gasteiger partial charge >= 0.3 is 0 Å². The third-order valence-electron chi connectivity index (χ3n) is 1.36. The predicted molar refractivity (Wildman–Crippen MR) is 36.6 cm³/mol. The summed E-state index contributed by atoms with van der Waals surface area (Å²) >= 11 is 0. The van der Waals surface area contributed by atoms with E-state index in [2.05, 4.69) is 16.1 Å². The zero-order valence-corrected chi connectivity index (χ0v) is 5.57. The van der Waals surface area contributed by atoms with Crippen LogP contribution < -0.4 is 0 Å². The average molecular weight is 132 g/mol. The van der Waals surface area contributed by atoms with Crippen molar-refractivity contribution < 1.29 is 0 Å². The van der Waals surface area contributed by atoms with Crippen LogP contribution in [0.1, 0.15) is 5.56 Å². The van der Waals surface area contributed by atoms with E-state index in [1.165, 1.54) is 6.33 Å². The molecule has 2 rings (SSSR count). The minimum atomic E-state index is 0.872. The molecule has 0 fully saturated rings. The molecule has 2 aromatic heterocycles. The largest absolute Gasteiger partial charge is 0.221 e. The monoisotopic (exact) mass is 132 g/mol. The molecule has 10 heavy (non-hydrogen) atoms. The van der Waals surface area contributed by atoms with Gasteiger partial charge in [0.25, 0.3) is 0 Å². The van der Waals surface area contributed by atoms with E-state index in [0.29, 0.717) is 0 Å². The quantitative estimate of drug-likeness (QED) is 0.531. The summed E-state index contributed by atoms with van der Waals surface area (Å²) in [6.45, 7) is 1.98. The molecule has 0 amide bonds. The molecule has 0 atom stereocenters. The zero-order valence-electron chi connectivity index (χ0n) is 5.57. The summed E-state index contributed by atoms with van der Waals surface area (Å²) in [5.74, 6) is 0. The standard InChI is InChI=1S/C7H6N3/c1-6-2-3-10-7(4-6)8-5-9-10/h3-5H,1H3. The van der Waals surface area contributed by atoms with Crippen LogP contribution in [0.3, 0.4) is 0 Å². The molecule has 1 radical (unpaired) electrons. The molecule has 0 saturated carbocycles. The molecular weight excluding hydrogens is 126 g/mol. The molecule has 0 aliphatic rings. The lowest BCUT2D eigenvalue weighted by molar-refractivity contribution is 0.956. The average Bonchev–Trinajstić information content (AvgIpc) is 2.33. The second-order valence-corrected chi connectivity index (χ2v) is 2.16. The minimum Gasteiger partial charge on any atom is -0.221 e. The van der Waals surface area contributed by atoms with E-state index in [0.717, 1.165) is 11.2 Å². The predicted octanol–water partition coefficient (Wildman–Crippen LogP) is 0.838. The molecule has 0 spiro atoms. The van der Waals surface area contributed by atoms with Gasteiger partial charge < -0.3 is 0 Å². The van der Waals surface area contributed by atoms with E-state index in [9.17, 15) is 0 Å². The fourth-order valence-corrected chi connectivity index (χ4v) is 0.860. The summed E-state index contributed by atoms with van der Waals surface area (Å²) in [6.07, 6.45) is 3.31.